The third kappa shape index (κ3) is 4.25. The molecule has 1 aliphatic carbocycles. The van der Waals surface area contributed by atoms with Crippen molar-refractivity contribution < 1.29 is 0 Å². The van der Waals surface area contributed by atoms with Gasteiger partial charge in [-0.2, -0.15) is 10.2 Å². The quantitative estimate of drug-likeness (QED) is 0.287. The predicted octanol–water partition coefficient (Wildman–Crippen LogP) is 6.21. The molecule has 3 aromatic heterocycles. The fourth-order valence-electron chi connectivity index (χ4n) is 6.85. The van der Waals surface area contributed by atoms with Gasteiger partial charge in [-0.25, -0.2) is 14.6 Å². The van der Waals surface area contributed by atoms with Gasteiger partial charge in [-0.1, -0.05) is 42.5 Å². The van der Waals surface area contributed by atoms with Crippen LogP contribution in [-0.2, 0) is 19.9 Å². The summed E-state index contributed by atoms with van der Waals surface area (Å²) < 4.78 is 1.78. The van der Waals surface area contributed by atoms with E-state index in [0.29, 0.717) is 11.6 Å². The Morgan fingerprint density at radius 3 is 2.41 bits per heavy atom. The van der Waals surface area contributed by atoms with Gasteiger partial charge >= 0.3 is 0 Å². The van der Waals surface area contributed by atoms with Crippen LogP contribution in [0.4, 0.5) is 0 Å². The first-order valence-corrected chi connectivity index (χ1v) is 14.2. The molecular formula is C32H35N7. The van der Waals surface area contributed by atoms with Gasteiger partial charge in [0.2, 0.25) is 0 Å². The highest BCUT2D eigenvalue weighted by Gasteiger charge is 2.38. The Morgan fingerprint density at radius 2 is 1.67 bits per heavy atom. The van der Waals surface area contributed by atoms with Crippen LogP contribution in [0.15, 0.2) is 61.1 Å². The molecule has 1 aliphatic heterocycles. The van der Waals surface area contributed by atoms with Crippen LogP contribution < -0.4 is 0 Å². The van der Waals surface area contributed by atoms with Crippen molar-refractivity contribution in [1.82, 2.24) is 34.8 Å². The first kappa shape index (κ1) is 24.2. The molecular weight excluding hydrogens is 482 g/mol. The smallest absolute Gasteiger partial charge is 0.157 e. The number of fused-ring (bicyclic) bond motifs is 2. The Balaban J connectivity index is 1.18. The Bertz CT molecular complexity index is 1650. The van der Waals surface area contributed by atoms with Crippen molar-refractivity contribution >= 4 is 11.0 Å². The number of likely N-dealkylation sites (tertiary alicyclic amines) is 1. The molecule has 2 aromatic carbocycles. The highest BCUT2D eigenvalue weighted by Crippen LogP contribution is 2.38. The SMILES string of the molecule is C[C@@H]1CCCN1[C@@]1(C)CCc2ccc(-c3cnc4[nH]nc(-c5ccc(-c6ncnn6C)cc5)c4c3)cc2CC1. The second-order valence-electron chi connectivity index (χ2n) is 11.6. The molecule has 4 heterocycles. The Kier molecular flexibility index (Phi) is 5.85. The van der Waals surface area contributed by atoms with Gasteiger partial charge in [0.15, 0.2) is 11.5 Å². The molecule has 0 spiro atoms. The number of hydrogen-bond acceptors (Lipinski definition) is 5. The maximum Gasteiger partial charge on any atom is 0.157 e. The molecule has 0 saturated carbocycles. The monoisotopic (exact) mass is 517 g/mol. The van der Waals surface area contributed by atoms with Gasteiger partial charge in [0, 0.05) is 46.9 Å². The summed E-state index contributed by atoms with van der Waals surface area (Å²) >= 11 is 0. The Labute approximate surface area is 229 Å². The van der Waals surface area contributed by atoms with Crippen LogP contribution in [-0.4, -0.2) is 53.0 Å². The molecule has 7 rings (SSSR count). The van der Waals surface area contributed by atoms with Gasteiger partial charge in [-0.05, 0) is 81.7 Å². The third-order valence-electron chi connectivity index (χ3n) is 9.20. The van der Waals surface area contributed by atoms with Crippen molar-refractivity contribution in [2.75, 3.05) is 6.54 Å². The lowest BCUT2D eigenvalue weighted by atomic mass is 9.89. The van der Waals surface area contributed by atoms with Crippen molar-refractivity contribution in [3.05, 3.63) is 72.2 Å². The third-order valence-corrected chi connectivity index (χ3v) is 9.20. The lowest BCUT2D eigenvalue weighted by molar-refractivity contribution is 0.0821. The fourth-order valence-corrected chi connectivity index (χ4v) is 6.85. The largest absolute Gasteiger partial charge is 0.295 e. The fraction of sp³-hybridized carbons (Fsp3) is 0.375. The van der Waals surface area contributed by atoms with Crippen LogP contribution in [0.5, 0.6) is 0 Å². The maximum absolute atomic E-state index is 4.74. The summed E-state index contributed by atoms with van der Waals surface area (Å²) in [4.78, 5) is 11.9. The number of benzene rings is 2. The van der Waals surface area contributed by atoms with Gasteiger partial charge in [0.05, 0.1) is 0 Å². The molecule has 0 bridgehead atoms. The molecule has 2 atom stereocenters. The van der Waals surface area contributed by atoms with Crippen LogP contribution in [0.1, 0.15) is 50.7 Å². The summed E-state index contributed by atoms with van der Waals surface area (Å²) in [5, 5.41) is 13.0. The number of rotatable bonds is 4. The Hall–Kier alpha value is -3.84. The maximum atomic E-state index is 4.74. The number of aromatic amines is 1. The molecule has 1 N–H and O–H groups in total. The first-order valence-electron chi connectivity index (χ1n) is 14.2. The van der Waals surface area contributed by atoms with E-state index in [9.17, 15) is 0 Å². The number of nitrogens with one attached hydrogen (secondary N) is 1. The number of pyridine rings is 1. The molecule has 0 unspecified atom stereocenters. The minimum atomic E-state index is 0.295. The zero-order valence-electron chi connectivity index (χ0n) is 23.0. The first-order chi connectivity index (χ1) is 19.0. The highest BCUT2D eigenvalue weighted by atomic mass is 15.3. The van der Waals surface area contributed by atoms with E-state index in [1.165, 1.54) is 48.9 Å². The average molecular weight is 518 g/mol. The van der Waals surface area contributed by atoms with E-state index in [2.05, 4.69) is 87.6 Å². The summed E-state index contributed by atoms with van der Waals surface area (Å²) in [5.41, 5.74) is 9.44. The van der Waals surface area contributed by atoms with Gasteiger partial charge < -0.3 is 0 Å². The van der Waals surface area contributed by atoms with Gasteiger partial charge in [-0.3, -0.25) is 10.00 Å². The lowest BCUT2D eigenvalue weighted by Gasteiger charge is -2.41. The van der Waals surface area contributed by atoms with Gasteiger partial charge in [-0.15, -0.1) is 0 Å². The van der Waals surface area contributed by atoms with Crippen LogP contribution in [0.2, 0.25) is 0 Å². The van der Waals surface area contributed by atoms with Crippen molar-refractivity contribution in [2.45, 2.75) is 64.0 Å². The topological polar surface area (TPSA) is 75.5 Å². The molecule has 5 aromatic rings. The van der Waals surface area contributed by atoms with Crippen LogP contribution in [0.25, 0.3) is 44.8 Å². The van der Waals surface area contributed by atoms with Crippen molar-refractivity contribution in [3.8, 4) is 33.8 Å². The normalized spacial score (nSPS) is 21.8. The summed E-state index contributed by atoms with van der Waals surface area (Å²) in [7, 11) is 1.90. The molecule has 0 amide bonds. The minimum Gasteiger partial charge on any atom is -0.295 e. The molecule has 0 radical (unpaired) electrons. The summed E-state index contributed by atoms with van der Waals surface area (Å²) in [6, 6.07) is 18.3. The number of H-pyrrole nitrogens is 1. The second-order valence-corrected chi connectivity index (χ2v) is 11.6. The van der Waals surface area contributed by atoms with E-state index in [0.717, 1.165) is 52.1 Å². The van der Waals surface area contributed by atoms with E-state index in [-0.39, 0.29) is 0 Å². The van der Waals surface area contributed by atoms with E-state index < -0.39 is 0 Å². The average Bonchev–Trinajstić information content (AvgIpc) is 3.68. The predicted molar refractivity (Wildman–Crippen MR) is 155 cm³/mol. The molecule has 39 heavy (non-hydrogen) atoms. The summed E-state index contributed by atoms with van der Waals surface area (Å²) in [6.45, 7) is 6.16. The van der Waals surface area contributed by atoms with Crippen molar-refractivity contribution in [1.29, 1.82) is 0 Å². The van der Waals surface area contributed by atoms with Gasteiger partial charge in [0.25, 0.3) is 0 Å². The van der Waals surface area contributed by atoms with Crippen molar-refractivity contribution in [2.24, 2.45) is 7.05 Å². The minimum absolute atomic E-state index is 0.295. The number of hydrogen-bond donors (Lipinski definition) is 1. The van der Waals surface area contributed by atoms with Crippen molar-refractivity contribution in [3.63, 3.8) is 0 Å². The lowest BCUT2D eigenvalue weighted by Crippen LogP contribution is -2.48. The van der Waals surface area contributed by atoms with E-state index in [1.54, 1.807) is 11.0 Å². The second kappa shape index (κ2) is 9.42. The highest BCUT2D eigenvalue weighted by molar-refractivity contribution is 5.93. The van der Waals surface area contributed by atoms with Crippen LogP contribution in [0, 0.1) is 0 Å². The zero-order chi connectivity index (χ0) is 26.6. The number of aryl methyl sites for hydroxylation is 3. The van der Waals surface area contributed by atoms with Crippen LogP contribution >= 0.6 is 0 Å². The number of nitrogens with zero attached hydrogens (tertiary/aromatic N) is 6. The van der Waals surface area contributed by atoms with Gasteiger partial charge in [0.1, 0.15) is 12.0 Å². The molecule has 1 fully saturated rings. The van der Waals surface area contributed by atoms with E-state index >= 15 is 0 Å². The molecule has 7 heteroatoms. The zero-order valence-corrected chi connectivity index (χ0v) is 23.0. The number of aromatic nitrogens is 6. The molecule has 198 valence electrons. The summed E-state index contributed by atoms with van der Waals surface area (Å²) in [6.07, 6.45) is 11.0. The molecule has 7 nitrogen and oxygen atoms in total. The molecule has 1 saturated heterocycles. The molecule has 2 aliphatic rings. The summed E-state index contributed by atoms with van der Waals surface area (Å²) in [5.74, 6) is 0.843. The van der Waals surface area contributed by atoms with Crippen LogP contribution in [0.3, 0.4) is 0 Å². The standard InChI is InChI=1S/C32H35N7/c1-21-5-4-16-39(21)32(2)14-12-22-6-11-25(17-26(22)13-15-32)27-18-28-29(36-37-30(28)33-19-27)23-7-9-24(10-8-23)31-34-20-35-38(31)3/h6-11,17-21H,4-5,12-16H2,1-3H3,(H,33,36,37)/t21-,32+/m1/s1. The van der Waals surface area contributed by atoms with E-state index in [4.69, 9.17) is 4.98 Å². The Morgan fingerprint density at radius 1 is 0.897 bits per heavy atom. The van der Waals surface area contributed by atoms with E-state index in [1.807, 2.05) is 13.2 Å².